The highest BCUT2D eigenvalue weighted by Crippen LogP contribution is 2.27. The molecule has 0 unspecified atom stereocenters. The average molecular weight is 327 g/mol. The molecule has 1 N–H and O–H groups in total. The Morgan fingerprint density at radius 3 is 2.70 bits per heavy atom. The number of benzene rings is 1. The second kappa shape index (κ2) is 6.13. The monoisotopic (exact) mass is 327 g/mol. The van der Waals surface area contributed by atoms with Crippen molar-refractivity contribution in [1.82, 2.24) is 9.97 Å². The van der Waals surface area contributed by atoms with E-state index in [-0.39, 0.29) is 12.0 Å². The Morgan fingerprint density at radius 2 is 2.00 bits per heavy atom. The van der Waals surface area contributed by atoms with Gasteiger partial charge in [-0.3, -0.25) is 9.59 Å². The van der Waals surface area contributed by atoms with E-state index in [1.54, 1.807) is 54.5 Å². The molecular formula is C16H13N3O3S. The molecule has 0 aliphatic heterocycles. The first kappa shape index (κ1) is 15.1. The summed E-state index contributed by atoms with van der Waals surface area (Å²) in [5.74, 6) is -0.869. The summed E-state index contributed by atoms with van der Waals surface area (Å²) >= 11 is 1.33. The summed E-state index contributed by atoms with van der Waals surface area (Å²) in [7, 11) is 1.80. The molecule has 2 aromatic heterocycles. The van der Waals surface area contributed by atoms with Gasteiger partial charge < -0.3 is 10.0 Å². The third kappa shape index (κ3) is 3.19. The second-order valence-corrected chi connectivity index (χ2v) is 5.91. The van der Waals surface area contributed by atoms with Gasteiger partial charge in [-0.15, -0.1) is 0 Å². The van der Waals surface area contributed by atoms with E-state index < -0.39 is 5.97 Å². The Morgan fingerprint density at radius 1 is 1.26 bits per heavy atom. The molecule has 23 heavy (non-hydrogen) atoms. The van der Waals surface area contributed by atoms with Crippen LogP contribution >= 0.6 is 11.3 Å². The summed E-state index contributed by atoms with van der Waals surface area (Å²) in [6.07, 6.45) is 1.62. The van der Waals surface area contributed by atoms with E-state index in [0.717, 1.165) is 11.3 Å². The minimum atomic E-state index is -0.869. The summed E-state index contributed by atoms with van der Waals surface area (Å²) in [5, 5.41) is 9.83. The van der Waals surface area contributed by atoms with Crippen molar-refractivity contribution in [3.05, 3.63) is 58.5 Å². The molecule has 2 heterocycles. The number of carbonyl (C=O) groups is 1. The van der Waals surface area contributed by atoms with Gasteiger partial charge in [0.05, 0.1) is 11.8 Å². The van der Waals surface area contributed by atoms with Gasteiger partial charge in [-0.2, -0.15) is 4.98 Å². The minimum Gasteiger partial charge on any atom is -0.481 e. The first-order valence-electron chi connectivity index (χ1n) is 6.85. The number of carboxylic acid groups (broad SMARTS) is 1. The Labute approximate surface area is 135 Å². The van der Waals surface area contributed by atoms with Crippen LogP contribution in [-0.2, 0) is 11.2 Å². The summed E-state index contributed by atoms with van der Waals surface area (Å²) in [4.78, 5) is 33.5. The van der Waals surface area contributed by atoms with Crippen molar-refractivity contribution in [3.8, 4) is 0 Å². The lowest BCUT2D eigenvalue weighted by Crippen LogP contribution is -2.15. The van der Waals surface area contributed by atoms with Gasteiger partial charge in [0, 0.05) is 18.9 Å². The molecule has 0 spiro atoms. The zero-order valence-electron chi connectivity index (χ0n) is 12.3. The predicted molar refractivity (Wildman–Crippen MR) is 89.5 cm³/mol. The maximum Gasteiger partial charge on any atom is 0.307 e. The van der Waals surface area contributed by atoms with Crippen LogP contribution in [0.3, 0.4) is 0 Å². The van der Waals surface area contributed by atoms with Crippen molar-refractivity contribution in [2.24, 2.45) is 0 Å². The number of rotatable bonds is 4. The van der Waals surface area contributed by atoms with Gasteiger partial charge in [0.15, 0.2) is 5.13 Å². The maximum absolute atomic E-state index is 12.1. The third-order valence-electron chi connectivity index (χ3n) is 3.35. The zero-order chi connectivity index (χ0) is 16.4. The number of anilines is 2. The van der Waals surface area contributed by atoms with Crippen LogP contribution in [0.4, 0.5) is 10.8 Å². The molecule has 6 nitrogen and oxygen atoms in total. The first-order chi connectivity index (χ1) is 11.0. The summed E-state index contributed by atoms with van der Waals surface area (Å²) < 4.78 is 0. The van der Waals surface area contributed by atoms with E-state index in [0.29, 0.717) is 15.3 Å². The molecule has 0 aliphatic carbocycles. The minimum absolute atomic E-state index is 0.0184. The van der Waals surface area contributed by atoms with Crippen molar-refractivity contribution >= 4 is 38.3 Å². The molecule has 116 valence electrons. The normalized spacial score (nSPS) is 10.7. The van der Waals surface area contributed by atoms with Crippen LogP contribution < -0.4 is 10.5 Å². The Hall–Kier alpha value is -2.80. The molecule has 0 saturated carbocycles. The van der Waals surface area contributed by atoms with Gasteiger partial charge in [0.25, 0.3) is 5.56 Å². The molecule has 0 saturated heterocycles. The largest absolute Gasteiger partial charge is 0.481 e. The molecule has 3 rings (SSSR count). The van der Waals surface area contributed by atoms with Crippen molar-refractivity contribution in [2.45, 2.75) is 6.42 Å². The molecule has 0 fully saturated rings. The molecule has 0 aliphatic rings. The highest BCUT2D eigenvalue weighted by Gasteiger charge is 2.11. The van der Waals surface area contributed by atoms with E-state index in [4.69, 9.17) is 5.11 Å². The van der Waals surface area contributed by atoms with Crippen molar-refractivity contribution in [3.63, 3.8) is 0 Å². The fourth-order valence-electron chi connectivity index (χ4n) is 2.16. The molecular weight excluding hydrogens is 314 g/mol. The van der Waals surface area contributed by atoms with E-state index in [1.165, 1.54) is 11.3 Å². The summed E-state index contributed by atoms with van der Waals surface area (Å²) in [5.41, 5.74) is 1.23. The van der Waals surface area contributed by atoms with Crippen LogP contribution in [-0.4, -0.2) is 28.1 Å². The Kier molecular flexibility index (Phi) is 4.03. The van der Waals surface area contributed by atoms with Crippen LogP contribution in [0.5, 0.6) is 0 Å². The highest BCUT2D eigenvalue weighted by molar-refractivity contribution is 7.21. The zero-order valence-corrected chi connectivity index (χ0v) is 13.1. The van der Waals surface area contributed by atoms with E-state index >= 15 is 0 Å². The fraction of sp³-hybridized carbons (Fsp3) is 0.125. The SMILES string of the molecule is CN(c1ccc(CC(=O)O)cc1)c1nc(=O)c2cccnc2s1. The lowest BCUT2D eigenvalue weighted by atomic mass is 10.1. The van der Waals surface area contributed by atoms with Crippen molar-refractivity contribution in [2.75, 3.05) is 11.9 Å². The molecule has 1 aromatic carbocycles. The van der Waals surface area contributed by atoms with Gasteiger partial charge in [0.1, 0.15) is 4.83 Å². The second-order valence-electron chi connectivity index (χ2n) is 4.95. The lowest BCUT2D eigenvalue weighted by Gasteiger charge is -2.17. The number of pyridine rings is 1. The smallest absolute Gasteiger partial charge is 0.307 e. The Balaban J connectivity index is 1.95. The number of hydrogen-bond acceptors (Lipinski definition) is 6. The highest BCUT2D eigenvalue weighted by atomic mass is 32.1. The van der Waals surface area contributed by atoms with Crippen LogP contribution in [0.1, 0.15) is 5.56 Å². The molecule has 0 bridgehead atoms. The van der Waals surface area contributed by atoms with Crippen molar-refractivity contribution in [1.29, 1.82) is 0 Å². The number of aliphatic carboxylic acids is 1. The average Bonchev–Trinajstić information content (AvgIpc) is 2.54. The predicted octanol–water partition coefficient (Wildman–Crippen LogP) is 2.45. The van der Waals surface area contributed by atoms with Gasteiger partial charge in [0.2, 0.25) is 0 Å². The Bertz CT molecular complexity index is 922. The van der Waals surface area contributed by atoms with Crippen LogP contribution in [0.15, 0.2) is 47.4 Å². The number of hydrogen-bond donors (Lipinski definition) is 1. The molecule has 0 radical (unpaired) electrons. The summed E-state index contributed by atoms with van der Waals surface area (Å²) in [6.45, 7) is 0. The van der Waals surface area contributed by atoms with Gasteiger partial charge >= 0.3 is 5.97 Å². The lowest BCUT2D eigenvalue weighted by molar-refractivity contribution is -0.136. The molecule has 0 amide bonds. The number of nitrogens with zero attached hydrogens (tertiary/aromatic N) is 3. The van der Waals surface area contributed by atoms with Gasteiger partial charge in [-0.1, -0.05) is 23.5 Å². The van der Waals surface area contributed by atoms with Crippen LogP contribution in [0, 0.1) is 0 Å². The van der Waals surface area contributed by atoms with E-state index in [1.807, 2.05) is 0 Å². The van der Waals surface area contributed by atoms with Gasteiger partial charge in [-0.05, 0) is 29.8 Å². The van der Waals surface area contributed by atoms with E-state index in [2.05, 4.69) is 9.97 Å². The maximum atomic E-state index is 12.1. The molecule has 3 aromatic rings. The quantitative estimate of drug-likeness (QED) is 0.792. The number of carboxylic acids is 1. The van der Waals surface area contributed by atoms with Crippen LogP contribution in [0.2, 0.25) is 0 Å². The van der Waals surface area contributed by atoms with Crippen molar-refractivity contribution < 1.29 is 9.90 Å². The van der Waals surface area contributed by atoms with Crippen LogP contribution in [0.25, 0.3) is 10.2 Å². The number of aromatic nitrogens is 2. The third-order valence-corrected chi connectivity index (χ3v) is 4.42. The van der Waals surface area contributed by atoms with Gasteiger partial charge in [-0.25, -0.2) is 4.98 Å². The first-order valence-corrected chi connectivity index (χ1v) is 7.66. The fourth-order valence-corrected chi connectivity index (χ4v) is 3.08. The number of fused-ring (bicyclic) bond motifs is 1. The molecule has 7 heteroatoms. The summed E-state index contributed by atoms with van der Waals surface area (Å²) in [6, 6.07) is 10.5. The molecule has 0 atom stereocenters. The standard InChI is InChI=1S/C16H13N3O3S/c1-19(11-6-4-10(5-7-11)9-13(20)21)16-18-14(22)12-3-2-8-17-15(12)23-16/h2-8H,9H2,1H3,(H,20,21). The topological polar surface area (TPSA) is 83.4 Å². The van der Waals surface area contributed by atoms with E-state index in [9.17, 15) is 9.59 Å².